The lowest BCUT2D eigenvalue weighted by molar-refractivity contribution is -0.146. The van der Waals surface area contributed by atoms with Crippen LogP contribution in [-0.2, 0) is 9.53 Å². The monoisotopic (exact) mass is 231 g/mol. The lowest BCUT2D eigenvalue weighted by Crippen LogP contribution is -2.56. The van der Waals surface area contributed by atoms with Gasteiger partial charge in [0.2, 0.25) is 0 Å². The highest BCUT2D eigenvalue weighted by atomic mass is 16.6. The molecule has 94 valence electrons. The Balaban J connectivity index is 4.68. The minimum atomic E-state index is -1.32. The highest BCUT2D eigenvalue weighted by Gasteiger charge is 2.39. The Bertz CT molecular complexity index is 280. The van der Waals surface area contributed by atoms with Gasteiger partial charge in [-0.2, -0.15) is 0 Å². The third-order valence-electron chi connectivity index (χ3n) is 2.36. The van der Waals surface area contributed by atoms with Crippen LogP contribution in [0, 0.1) is 5.92 Å². The zero-order valence-electron chi connectivity index (χ0n) is 10.7. The van der Waals surface area contributed by atoms with Gasteiger partial charge in [-0.25, -0.2) is 9.59 Å². The average Bonchev–Trinajstić information content (AvgIpc) is 1.98. The molecule has 1 amide bonds. The van der Waals surface area contributed by atoms with E-state index in [0.29, 0.717) is 0 Å². The van der Waals surface area contributed by atoms with Crippen molar-refractivity contribution in [3.63, 3.8) is 0 Å². The first-order valence-corrected chi connectivity index (χ1v) is 5.23. The molecule has 0 aliphatic heterocycles. The molecule has 0 saturated heterocycles. The standard InChI is InChI=1S/C11H21NO4/c1-7(2)11(6,8(13)14)12-9(15)16-10(3,4)5/h7H,1-6H3,(H,12,15)(H,13,14)/t11-/m0/s1. The summed E-state index contributed by atoms with van der Waals surface area (Å²) in [6.45, 7) is 10.1. The first kappa shape index (κ1) is 14.7. The van der Waals surface area contributed by atoms with Crippen LogP contribution in [0.1, 0.15) is 41.5 Å². The third-order valence-corrected chi connectivity index (χ3v) is 2.36. The number of carbonyl (C=O) groups is 2. The normalized spacial score (nSPS) is 15.4. The molecule has 0 radical (unpaired) electrons. The summed E-state index contributed by atoms with van der Waals surface area (Å²) >= 11 is 0. The first-order chi connectivity index (χ1) is 6.99. The summed E-state index contributed by atoms with van der Waals surface area (Å²) in [6.07, 6.45) is -0.717. The number of nitrogens with one attached hydrogen (secondary N) is 1. The molecule has 0 aromatic rings. The van der Waals surface area contributed by atoms with Crippen LogP contribution in [0.2, 0.25) is 0 Å². The van der Waals surface area contributed by atoms with Gasteiger partial charge in [0.05, 0.1) is 0 Å². The lowest BCUT2D eigenvalue weighted by Gasteiger charge is -2.31. The maximum Gasteiger partial charge on any atom is 0.408 e. The van der Waals surface area contributed by atoms with Gasteiger partial charge in [0, 0.05) is 0 Å². The number of hydrogen-bond acceptors (Lipinski definition) is 3. The number of aliphatic carboxylic acids is 1. The van der Waals surface area contributed by atoms with Crippen LogP contribution in [0.15, 0.2) is 0 Å². The number of amides is 1. The van der Waals surface area contributed by atoms with Crippen LogP contribution in [0.5, 0.6) is 0 Å². The molecule has 5 nitrogen and oxygen atoms in total. The second-order valence-electron chi connectivity index (χ2n) is 5.29. The third kappa shape index (κ3) is 4.08. The van der Waals surface area contributed by atoms with Gasteiger partial charge < -0.3 is 15.2 Å². The second-order valence-corrected chi connectivity index (χ2v) is 5.29. The molecule has 0 rings (SSSR count). The van der Waals surface area contributed by atoms with E-state index in [1.165, 1.54) is 6.92 Å². The molecule has 2 N–H and O–H groups in total. The Kier molecular flexibility index (Phi) is 4.35. The van der Waals surface area contributed by atoms with Crippen LogP contribution in [0.4, 0.5) is 4.79 Å². The topological polar surface area (TPSA) is 75.6 Å². The van der Waals surface area contributed by atoms with Gasteiger partial charge in [-0.3, -0.25) is 0 Å². The minimum absolute atomic E-state index is 0.238. The van der Waals surface area contributed by atoms with Crippen LogP contribution in [0.3, 0.4) is 0 Å². The zero-order chi connectivity index (χ0) is 13.1. The van der Waals surface area contributed by atoms with Crippen molar-refractivity contribution in [2.45, 2.75) is 52.7 Å². The van der Waals surface area contributed by atoms with E-state index >= 15 is 0 Å². The molecular weight excluding hydrogens is 210 g/mol. The van der Waals surface area contributed by atoms with Crippen LogP contribution in [-0.4, -0.2) is 28.3 Å². The maximum atomic E-state index is 11.5. The van der Waals surface area contributed by atoms with Gasteiger partial charge in [-0.15, -0.1) is 0 Å². The van der Waals surface area contributed by atoms with E-state index in [9.17, 15) is 9.59 Å². The molecule has 0 aromatic carbocycles. The minimum Gasteiger partial charge on any atom is -0.480 e. The number of carboxylic acids is 1. The van der Waals surface area contributed by atoms with Crippen molar-refractivity contribution in [3.8, 4) is 0 Å². The Morgan fingerprint density at radius 1 is 1.19 bits per heavy atom. The van der Waals surface area contributed by atoms with Gasteiger partial charge in [-0.1, -0.05) is 13.8 Å². The van der Waals surface area contributed by atoms with Crippen molar-refractivity contribution in [2.75, 3.05) is 0 Å². The Labute approximate surface area is 96.2 Å². The molecule has 0 aliphatic carbocycles. The first-order valence-electron chi connectivity index (χ1n) is 5.23. The van der Waals surface area contributed by atoms with Gasteiger partial charge in [0.25, 0.3) is 0 Å². The van der Waals surface area contributed by atoms with E-state index in [2.05, 4.69) is 5.32 Å². The fourth-order valence-corrected chi connectivity index (χ4v) is 0.960. The highest BCUT2D eigenvalue weighted by molar-refractivity contribution is 5.84. The molecule has 0 unspecified atom stereocenters. The smallest absolute Gasteiger partial charge is 0.408 e. The summed E-state index contributed by atoms with van der Waals surface area (Å²) in [7, 11) is 0. The van der Waals surface area contributed by atoms with E-state index in [1.54, 1.807) is 34.6 Å². The molecule has 0 fully saturated rings. The van der Waals surface area contributed by atoms with Crippen molar-refractivity contribution >= 4 is 12.1 Å². The van der Waals surface area contributed by atoms with Gasteiger partial charge in [-0.05, 0) is 33.6 Å². The predicted octanol–water partition coefficient (Wildman–Crippen LogP) is 2.01. The Morgan fingerprint density at radius 3 is 1.88 bits per heavy atom. The lowest BCUT2D eigenvalue weighted by atomic mass is 9.89. The maximum absolute atomic E-state index is 11.5. The second kappa shape index (κ2) is 4.72. The molecule has 0 aromatic heterocycles. The van der Waals surface area contributed by atoms with Crippen molar-refractivity contribution in [3.05, 3.63) is 0 Å². The fourth-order valence-electron chi connectivity index (χ4n) is 0.960. The molecule has 0 bridgehead atoms. The largest absolute Gasteiger partial charge is 0.480 e. The number of rotatable bonds is 3. The predicted molar refractivity (Wildman–Crippen MR) is 60.2 cm³/mol. The molecule has 0 spiro atoms. The number of hydrogen-bond donors (Lipinski definition) is 2. The summed E-state index contributed by atoms with van der Waals surface area (Å²) in [5.74, 6) is -1.31. The van der Waals surface area contributed by atoms with Crippen molar-refractivity contribution in [2.24, 2.45) is 5.92 Å². The van der Waals surface area contributed by atoms with Crippen LogP contribution >= 0.6 is 0 Å². The van der Waals surface area contributed by atoms with Gasteiger partial charge in [0.1, 0.15) is 11.1 Å². The van der Waals surface area contributed by atoms with E-state index in [4.69, 9.17) is 9.84 Å². The van der Waals surface area contributed by atoms with Crippen LogP contribution < -0.4 is 5.32 Å². The van der Waals surface area contributed by atoms with Gasteiger partial charge >= 0.3 is 12.1 Å². The van der Waals surface area contributed by atoms with Gasteiger partial charge in [0.15, 0.2) is 0 Å². The fraction of sp³-hybridized carbons (Fsp3) is 0.818. The van der Waals surface area contributed by atoms with E-state index < -0.39 is 23.2 Å². The number of ether oxygens (including phenoxy) is 1. The molecule has 16 heavy (non-hydrogen) atoms. The molecule has 0 heterocycles. The molecule has 5 heteroatoms. The molecule has 0 aliphatic rings. The Hall–Kier alpha value is -1.26. The van der Waals surface area contributed by atoms with Crippen molar-refractivity contribution in [1.82, 2.24) is 5.32 Å². The summed E-state index contributed by atoms with van der Waals surface area (Å²) in [4.78, 5) is 22.6. The average molecular weight is 231 g/mol. The number of alkyl carbamates (subject to hydrolysis) is 1. The number of carboxylic acid groups (broad SMARTS) is 1. The molecular formula is C11H21NO4. The van der Waals surface area contributed by atoms with E-state index in [1.807, 2.05) is 0 Å². The SMILES string of the molecule is CC(C)[C@](C)(NC(=O)OC(C)(C)C)C(=O)O. The van der Waals surface area contributed by atoms with Crippen molar-refractivity contribution < 1.29 is 19.4 Å². The van der Waals surface area contributed by atoms with E-state index in [-0.39, 0.29) is 5.92 Å². The van der Waals surface area contributed by atoms with Crippen LogP contribution in [0.25, 0.3) is 0 Å². The van der Waals surface area contributed by atoms with E-state index in [0.717, 1.165) is 0 Å². The summed E-state index contributed by atoms with van der Waals surface area (Å²) in [5.41, 5.74) is -1.96. The Morgan fingerprint density at radius 2 is 1.62 bits per heavy atom. The number of carbonyl (C=O) groups excluding carboxylic acids is 1. The summed E-state index contributed by atoms with van der Waals surface area (Å²) in [5, 5.41) is 11.5. The summed E-state index contributed by atoms with van der Waals surface area (Å²) in [6, 6.07) is 0. The quantitative estimate of drug-likeness (QED) is 0.779. The molecule has 1 atom stereocenters. The van der Waals surface area contributed by atoms with Crippen molar-refractivity contribution in [1.29, 1.82) is 0 Å². The highest BCUT2D eigenvalue weighted by Crippen LogP contribution is 2.18. The molecule has 0 saturated carbocycles. The zero-order valence-corrected chi connectivity index (χ0v) is 10.7. The summed E-state index contributed by atoms with van der Waals surface area (Å²) < 4.78 is 5.02.